The summed E-state index contributed by atoms with van der Waals surface area (Å²) < 4.78 is 7.24. The van der Waals surface area contributed by atoms with E-state index in [2.05, 4.69) is 4.98 Å². The fourth-order valence-corrected chi connectivity index (χ4v) is 3.01. The molecule has 2 aromatic heterocycles. The van der Waals surface area contributed by atoms with E-state index in [4.69, 9.17) is 4.74 Å². The van der Waals surface area contributed by atoms with Crippen LogP contribution in [0.1, 0.15) is 6.42 Å². The van der Waals surface area contributed by atoms with Crippen LogP contribution >= 0.6 is 11.8 Å². The van der Waals surface area contributed by atoms with Gasteiger partial charge < -0.3 is 4.74 Å². The summed E-state index contributed by atoms with van der Waals surface area (Å²) in [5.74, 6) is 0.830. The average molecular weight is 262 g/mol. The van der Waals surface area contributed by atoms with Crippen molar-refractivity contribution in [2.24, 2.45) is 5.92 Å². The number of carbonyl (C=O) groups excluding carboxylic acids is 1. The van der Waals surface area contributed by atoms with Crippen molar-refractivity contribution in [1.29, 1.82) is 0 Å². The van der Waals surface area contributed by atoms with E-state index < -0.39 is 0 Å². The van der Waals surface area contributed by atoms with Crippen molar-refractivity contribution >= 4 is 23.1 Å². The number of Topliss-reactive ketones (excluding diaryl/α,β-unsaturated/α-hetero) is 1. The molecule has 0 amide bonds. The van der Waals surface area contributed by atoms with Gasteiger partial charge in [0, 0.05) is 18.7 Å². The first-order chi connectivity index (χ1) is 8.84. The minimum absolute atomic E-state index is 0.0868. The predicted molar refractivity (Wildman–Crippen MR) is 69.8 cm³/mol. The van der Waals surface area contributed by atoms with Crippen molar-refractivity contribution in [1.82, 2.24) is 9.38 Å². The first-order valence-electron chi connectivity index (χ1n) is 6.00. The molecular formula is C13H14N2O2S. The van der Waals surface area contributed by atoms with Gasteiger partial charge in [0.05, 0.1) is 24.1 Å². The molecular weight excluding hydrogens is 248 g/mol. The molecule has 1 aliphatic rings. The molecule has 1 saturated heterocycles. The topological polar surface area (TPSA) is 43.6 Å². The molecule has 0 saturated carbocycles. The van der Waals surface area contributed by atoms with Gasteiger partial charge in [0.15, 0.2) is 5.16 Å². The van der Waals surface area contributed by atoms with E-state index >= 15 is 0 Å². The van der Waals surface area contributed by atoms with E-state index in [0.29, 0.717) is 19.0 Å². The number of ether oxygens (including phenoxy) is 1. The van der Waals surface area contributed by atoms with Crippen LogP contribution in [0, 0.1) is 5.92 Å². The smallest absolute Gasteiger partial charge is 0.173 e. The average Bonchev–Trinajstić information content (AvgIpc) is 3.06. The lowest BCUT2D eigenvalue weighted by Crippen LogP contribution is -2.16. The second kappa shape index (κ2) is 5.12. The number of hydrogen-bond acceptors (Lipinski definition) is 4. The van der Waals surface area contributed by atoms with E-state index in [-0.39, 0.29) is 11.7 Å². The minimum atomic E-state index is 0.0868. The lowest BCUT2D eigenvalue weighted by molar-refractivity contribution is -0.120. The van der Waals surface area contributed by atoms with Crippen LogP contribution in [0.4, 0.5) is 0 Å². The summed E-state index contributed by atoms with van der Waals surface area (Å²) in [6, 6.07) is 5.95. The van der Waals surface area contributed by atoms with Gasteiger partial charge >= 0.3 is 0 Å². The normalized spacial score (nSPS) is 19.4. The fraction of sp³-hybridized carbons (Fsp3) is 0.385. The minimum Gasteiger partial charge on any atom is -0.381 e. The van der Waals surface area contributed by atoms with Crippen LogP contribution in [-0.4, -0.2) is 34.1 Å². The van der Waals surface area contributed by atoms with Crippen LogP contribution in [0.5, 0.6) is 0 Å². The molecule has 0 bridgehead atoms. The van der Waals surface area contributed by atoms with Crippen LogP contribution in [0.15, 0.2) is 35.7 Å². The molecule has 1 fully saturated rings. The molecule has 94 valence electrons. The Kier molecular flexibility index (Phi) is 3.34. The van der Waals surface area contributed by atoms with E-state index in [9.17, 15) is 4.79 Å². The Balaban J connectivity index is 1.67. The summed E-state index contributed by atoms with van der Waals surface area (Å²) in [6.45, 7) is 1.30. The largest absolute Gasteiger partial charge is 0.381 e. The quantitative estimate of drug-likeness (QED) is 0.791. The molecule has 0 aliphatic carbocycles. The summed E-state index contributed by atoms with van der Waals surface area (Å²) >= 11 is 1.50. The molecule has 1 unspecified atom stereocenters. The number of imidazole rings is 1. The first kappa shape index (κ1) is 11.7. The highest BCUT2D eigenvalue weighted by Gasteiger charge is 2.23. The maximum Gasteiger partial charge on any atom is 0.173 e. The van der Waals surface area contributed by atoms with Crippen LogP contribution in [0.2, 0.25) is 0 Å². The third-order valence-electron chi connectivity index (χ3n) is 3.13. The number of thioether (sulfide) groups is 1. The predicted octanol–water partition coefficient (Wildman–Crippen LogP) is 2.03. The maximum absolute atomic E-state index is 11.9. The third-order valence-corrected chi connectivity index (χ3v) is 4.12. The molecule has 0 aromatic carbocycles. The van der Waals surface area contributed by atoms with E-state index in [1.807, 2.05) is 35.0 Å². The molecule has 5 heteroatoms. The Morgan fingerprint density at radius 3 is 3.33 bits per heavy atom. The molecule has 4 nitrogen and oxygen atoms in total. The monoisotopic (exact) mass is 262 g/mol. The zero-order chi connectivity index (χ0) is 12.4. The molecule has 18 heavy (non-hydrogen) atoms. The van der Waals surface area contributed by atoms with Gasteiger partial charge in [-0.15, -0.1) is 0 Å². The SMILES string of the molecule is O=C(CSc1ncc2ccccn12)C1CCOC1. The van der Waals surface area contributed by atoms with Gasteiger partial charge in [0.25, 0.3) is 0 Å². The van der Waals surface area contributed by atoms with Crippen LogP contribution < -0.4 is 0 Å². The molecule has 3 heterocycles. The highest BCUT2D eigenvalue weighted by molar-refractivity contribution is 7.99. The van der Waals surface area contributed by atoms with Gasteiger partial charge in [-0.25, -0.2) is 4.98 Å². The van der Waals surface area contributed by atoms with E-state index in [1.165, 1.54) is 11.8 Å². The van der Waals surface area contributed by atoms with Crippen molar-refractivity contribution in [3.8, 4) is 0 Å². The van der Waals surface area contributed by atoms with Gasteiger partial charge in [-0.3, -0.25) is 9.20 Å². The summed E-state index contributed by atoms with van der Waals surface area (Å²) in [4.78, 5) is 16.3. The van der Waals surface area contributed by atoms with Gasteiger partial charge in [-0.2, -0.15) is 0 Å². The van der Waals surface area contributed by atoms with Crippen LogP contribution in [-0.2, 0) is 9.53 Å². The lowest BCUT2D eigenvalue weighted by atomic mass is 10.1. The molecule has 0 spiro atoms. The number of pyridine rings is 1. The summed E-state index contributed by atoms with van der Waals surface area (Å²) in [6.07, 6.45) is 4.65. The Morgan fingerprint density at radius 1 is 1.56 bits per heavy atom. The van der Waals surface area contributed by atoms with E-state index in [1.54, 1.807) is 0 Å². The number of nitrogens with zero attached hydrogens (tertiary/aromatic N) is 2. The van der Waals surface area contributed by atoms with Crippen molar-refractivity contribution in [2.45, 2.75) is 11.6 Å². The number of hydrogen-bond donors (Lipinski definition) is 0. The molecule has 3 rings (SSSR count). The Labute approximate surface area is 109 Å². The first-order valence-corrected chi connectivity index (χ1v) is 6.98. The lowest BCUT2D eigenvalue weighted by Gasteiger charge is -2.05. The summed E-state index contributed by atoms with van der Waals surface area (Å²) in [5, 5.41) is 0.873. The van der Waals surface area contributed by atoms with Crippen molar-refractivity contribution in [2.75, 3.05) is 19.0 Å². The van der Waals surface area contributed by atoms with Gasteiger partial charge in [0.1, 0.15) is 5.78 Å². The van der Waals surface area contributed by atoms with Crippen molar-refractivity contribution in [3.05, 3.63) is 30.6 Å². The highest BCUT2D eigenvalue weighted by Crippen LogP contribution is 2.21. The molecule has 0 radical (unpaired) electrons. The molecule has 1 atom stereocenters. The third kappa shape index (κ3) is 2.28. The standard InChI is InChI=1S/C13H14N2O2S/c16-12(10-4-6-17-8-10)9-18-13-14-7-11-3-1-2-5-15(11)13/h1-3,5,7,10H,4,6,8-9H2. The zero-order valence-electron chi connectivity index (χ0n) is 9.91. The van der Waals surface area contributed by atoms with Crippen molar-refractivity contribution < 1.29 is 9.53 Å². The van der Waals surface area contributed by atoms with Gasteiger partial charge in [-0.1, -0.05) is 17.8 Å². The zero-order valence-corrected chi connectivity index (χ0v) is 10.7. The summed E-state index contributed by atoms with van der Waals surface area (Å²) in [7, 11) is 0. The maximum atomic E-state index is 11.9. The highest BCUT2D eigenvalue weighted by atomic mass is 32.2. The van der Waals surface area contributed by atoms with Crippen molar-refractivity contribution in [3.63, 3.8) is 0 Å². The molecule has 2 aromatic rings. The molecule has 1 aliphatic heterocycles. The number of ketones is 1. The number of carbonyl (C=O) groups is 1. The molecule has 0 N–H and O–H groups in total. The Morgan fingerprint density at radius 2 is 2.50 bits per heavy atom. The second-order valence-corrected chi connectivity index (χ2v) is 5.29. The number of rotatable bonds is 4. The second-order valence-electron chi connectivity index (χ2n) is 4.35. The number of fused-ring (bicyclic) bond motifs is 1. The number of aromatic nitrogens is 2. The van der Waals surface area contributed by atoms with Gasteiger partial charge in [-0.05, 0) is 18.6 Å². The Hall–Kier alpha value is -1.33. The van der Waals surface area contributed by atoms with Gasteiger partial charge in [0.2, 0.25) is 0 Å². The van der Waals surface area contributed by atoms with Crippen LogP contribution in [0.3, 0.4) is 0 Å². The fourth-order valence-electron chi connectivity index (χ4n) is 2.07. The van der Waals surface area contributed by atoms with E-state index in [0.717, 1.165) is 17.1 Å². The van der Waals surface area contributed by atoms with Crippen LogP contribution in [0.25, 0.3) is 5.52 Å². The summed E-state index contributed by atoms with van der Waals surface area (Å²) in [5.41, 5.74) is 1.05. The Bertz CT molecular complexity index is 561.